The zero-order chi connectivity index (χ0) is 12.3. The van der Waals surface area contributed by atoms with Gasteiger partial charge in [-0.1, -0.05) is 29.3 Å². The first-order chi connectivity index (χ1) is 8.20. The van der Waals surface area contributed by atoms with Crippen molar-refractivity contribution < 1.29 is 0 Å². The summed E-state index contributed by atoms with van der Waals surface area (Å²) in [6.45, 7) is 0. The van der Waals surface area contributed by atoms with E-state index in [1.807, 2.05) is 6.07 Å². The Morgan fingerprint density at radius 3 is 2.53 bits per heavy atom. The first-order valence-electron chi connectivity index (χ1n) is 4.78. The zero-order valence-electron chi connectivity index (χ0n) is 8.61. The van der Waals surface area contributed by atoms with Gasteiger partial charge in [-0.15, -0.1) is 0 Å². The predicted molar refractivity (Wildman–Crippen MR) is 68.7 cm³/mol. The highest BCUT2D eigenvalue weighted by Crippen LogP contribution is 2.31. The number of pyridine rings is 1. The van der Waals surface area contributed by atoms with Crippen LogP contribution in [0.3, 0.4) is 0 Å². The van der Waals surface area contributed by atoms with Crippen molar-refractivity contribution in [2.75, 3.05) is 5.32 Å². The first-order valence-corrected chi connectivity index (χ1v) is 5.53. The van der Waals surface area contributed by atoms with Crippen molar-refractivity contribution in [3.05, 3.63) is 52.1 Å². The van der Waals surface area contributed by atoms with Gasteiger partial charge in [-0.25, -0.2) is 4.98 Å². The summed E-state index contributed by atoms with van der Waals surface area (Å²) in [7, 11) is 0. The number of nitriles is 1. The molecule has 1 aromatic heterocycles. The largest absolute Gasteiger partial charge is 0.338 e. The van der Waals surface area contributed by atoms with Gasteiger partial charge in [0.25, 0.3) is 0 Å². The Labute approximate surface area is 109 Å². The van der Waals surface area contributed by atoms with Gasteiger partial charge in [0.2, 0.25) is 0 Å². The number of halogens is 2. The normalized spacial score (nSPS) is 9.71. The number of nitrogens with one attached hydrogen (secondary N) is 1. The van der Waals surface area contributed by atoms with Crippen LogP contribution in [0.15, 0.2) is 36.5 Å². The smallest absolute Gasteiger partial charge is 0.131 e. The van der Waals surface area contributed by atoms with E-state index in [2.05, 4.69) is 10.3 Å². The van der Waals surface area contributed by atoms with Crippen molar-refractivity contribution >= 4 is 34.7 Å². The van der Waals surface area contributed by atoms with E-state index in [0.717, 1.165) is 0 Å². The topological polar surface area (TPSA) is 48.7 Å². The number of rotatable bonds is 2. The predicted octanol–water partition coefficient (Wildman–Crippen LogP) is 4.00. The lowest BCUT2D eigenvalue weighted by molar-refractivity contribution is 1.29. The molecular formula is C12H7Cl2N3. The van der Waals surface area contributed by atoms with E-state index >= 15 is 0 Å². The van der Waals surface area contributed by atoms with Crippen molar-refractivity contribution in [3.63, 3.8) is 0 Å². The summed E-state index contributed by atoms with van der Waals surface area (Å²) in [5.41, 5.74) is 1.10. The van der Waals surface area contributed by atoms with Crippen molar-refractivity contribution in [3.8, 4) is 6.07 Å². The highest BCUT2D eigenvalue weighted by molar-refractivity contribution is 6.39. The highest BCUT2D eigenvalue weighted by Gasteiger charge is 2.06. The molecule has 0 amide bonds. The Balaban J connectivity index is 2.35. The number of para-hydroxylation sites is 1. The highest BCUT2D eigenvalue weighted by atomic mass is 35.5. The van der Waals surface area contributed by atoms with Crippen molar-refractivity contribution in [1.82, 2.24) is 4.98 Å². The van der Waals surface area contributed by atoms with Crippen LogP contribution in [-0.2, 0) is 0 Å². The number of nitrogens with zero attached hydrogens (tertiary/aromatic N) is 2. The molecule has 84 valence electrons. The standard InChI is InChI=1S/C12H7Cl2N3/c13-9-2-1-3-10(14)12(9)17-11-6-8(7-15)4-5-16-11/h1-6H,(H,16,17). The fraction of sp³-hybridized carbons (Fsp3) is 0. The summed E-state index contributed by atoms with van der Waals surface area (Å²) in [4.78, 5) is 4.09. The summed E-state index contributed by atoms with van der Waals surface area (Å²) in [6.07, 6.45) is 1.55. The van der Waals surface area contributed by atoms with Gasteiger partial charge < -0.3 is 5.32 Å². The van der Waals surface area contributed by atoms with Crippen LogP contribution in [0.25, 0.3) is 0 Å². The molecule has 0 radical (unpaired) electrons. The summed E-state index contributed by atoms with van der Waals surface area (Å²) in [6, 6.07) is 10.5. The Morgan fingerprint density at radius 2 is 1.88 bits per heavy atom. The van der Waals surface area contributed by atoms with Crippen LogP contribution in [0.2, 0.25) is 10.0 Å². The van der Waals surface area contributed by atoms with Gasteiger partial charge >= 0.3 is 0 Å². The molecule has 0 saturated carbocycles. The maximum atomic E-state index is 8.78. The molecule has 0 unspecified atom stereocenters. The number of anilines is 2. The summed E-state index contributed by atoms with van der Waals surface area (Å²) >= 11 is 12.0. The summed E-state index contributed by atoms with van der Waals surface area (Å²) in [5, 5.41) is 12.8. The Morgan fingerprint density at radius 1 is 1.18 bits per heavy atom. The molecule has 5 heteroatoms. The molecule has 3 nitrogen and oxygen atoms in total. The quantitative estimate of drug-likeness (QED) is 0.891. The summed E-state index contributed by atoms with van der Waals surface area (Å²) in [5.74, 6) is 0.527. The molecule has 0 bridgehead atoms. The molecule has 0 aliphatic heterocycles. The second kappa shape index (κ2) is 5.05. The zero-order valence-corrected chi connectivity index (χ0v) is 10.1. The fourth-order valence-corrected chi connectivity index (χ4v) is 1.81. The maximum Gasteiger partial charge on any atom is 0.131 e. The van der Waals surface area contributed by atoms with Crippen LogP contribution >= 0.6 is 23.2 Å². The molecule has 0 fully saturated rings. The molecule has 1 heterocycles. The SMILES string of the molecule is N#Cc1ccnc(Nc2c(Cl)cccc2Cl)c1. The van der Waals surface area contributed by atoms with E-state index < -0.39 is 0 Å². The van der Waals surface area contributed by atoms with Gasteiger partial charge in [0.1, 0.15) is 5.82 Å². The average Bonchev–Trinajstić information content (AvgIpc) is 2.34. The molecule has 0 spiro atoms. The molecule has 2 rings (SSSR count). The monoisotopic (exact) mass is 263 g/mol. The molecule has 0 saturated heterocycles. The lowest BCUT2D eigenvalue weighted by Crippen LogP contribution is -1.95. The second-order valence-electron chi connectivity index (χ2n) is 3.26. The number of hydrogen-bond acceptors (Lipinski definition) is 3. The van der Waals surface area contributed by atoms with E-state index in [9.17, 15) is 0 Å². The molecule has 2 aromatic rings. The van der Waals surface area contributed by atoms with Gasteiger partial charge in [-0.05, 0) is 24.3 Å². The number of benzene rings is 1. The van der Waals surface area contributed by atoms with Crippen LogP contribution in [0.5, 0.6) is 0 Å². The number of hydrogen-bond donors (Lipinski definition) is 1. The van der Waals surface area contributed by atoms with Gasteiger partial charge in [-0.3, -0.25) is 0 Å². The van der Waals surface area contributed by atoms with Crippen molar-refractivity contribution in [2.45, 2.75) is 0 Å². The fourth-order valence-electron chi connectivity index (χ4n) is 1.31. The van der Waals surface area contributed by atoms with E-state index in [-0.39, 0.29) is 0 Å². The van der Waals surface area contributed by atoms with Crippen LogP contribution in [-0.4, -0.2) is 4.98 Å². The third-order valence-corrected chi connectivity index (χ3v) is 2.73. The van der Waals surface area contributed by atoms with Crippen molar-refractivity contribution in [2.24, 2.45) is 0 Å². The Hall–Kier alpha value is -1.76. The first kappa shape index (κ1) is 11.7. The van der Waals surface area contributed by atoms with E-state index in [1.54, 1.807) is 36.5 Å². The minimum Gasteiger partial charge on any atom is -0.338 e. The average molecular weight is 264 g/mol. The molecular weight excluding hydrogens is 257 g/mol. The number of aromatic nitrogens is 1. The molecule has 0 aliphatic rings. The van der Waals surface area contributed by atoms with Gasteiger partial charge in [-0.2, -0.15) is 5.26 Å². The molecule has 1 aromatic carbocycles. The van der Waals surface area contributed by atoms with Crippen LogP contribution in [0.4, 0.5) is 11.5 Å². The van der Waals surface area contributed by atoms with E-state index in [1.165, 1.54) is 0 Å². The van der Waals surface area contributed by atoms with E-state index in [0.29, 0.717) is 27.1 Å². The maximum absolute atomic E-state index is 8.78. The van der Waals surface area contributed by atoms with Gasteiger partial charge in [0.05, 0.1) is 27.4 Å². The molecule has 1 N–H and O–H groups in total. The minimum atomic E-state index is 0.502. The molecule has 17 heavy (non-hydrogen) atoms. The van der Waals surface area contributed by atoms with Crippen LogP contribution in [0, 0.1) is 11.3 Å². The minimum absolute atomic E-state index is 0.502. The van der Waals surface area contributed by atoms with Crippen molar-refractivity contribution in [1.29, 1.82) is 5.26 Å². The van der Waals surface area contributed by atoms with E-state index in [4.69, 9.17) is 28.5 Å². The Bertz CT molecular complexity index is 570. The summed E-state index contributed by atoms with van der Waals surface area (Å²) < 4.78 is 0. The molecule has 0 aliphatic carbocycles. The van der Waals surface area contributed by atoms with Gasteiger partial charge in [0.15, 0.2) is 0 Å². The lowest BCUT2D eigenvalue weighted by Gasteiger charge is -2.09. The lowest BCUT2D eigenvalue weighted by atomic mass is 10.2. The third-order valence-electron chi connectivity index (χ3n) is 2.10. The van der Waals surface area contributed by atoms with Crippen LogP contribution < -0.4 is 5.32 Å². The molecule has 0 atom stereocenters. The second-order valence-corrected chi connectivity index (χ2v) is 4.08. The van der Waals surface area contributed by atoms with Crippen LogP contribution in [0.1, 0.15) is 5.56 Å². The van der Waals surface area contributed by atoms with Gasteiger partial charge in [0, 0.05) is 6.20 Å². The third kappa shape index (κ3) is 2.68. The Kier molecular flexibility index (Phi) is 3.48.